The Bertz CT molecular complexity index is 1840. The van der Waals surface area contributed by atoms with Gasteiger partial charge in [0.2, 0.25) is 10.0 Å². The minimum atomic E-state index is -3.59. The van der Waals surface area contributed by atoms with E-state index in [1.54, 1.807) is 41.7 Å². The lowest BCUT2D eigenvalue weighted by Crippen LogP contribution is -2.35. The molecule has 0 unspecified atom stereocenters. The van der Waals surface area contributed by atoms with Crippen molar-refractivity contribution in [2.45, 2.75) is 185 Å². The molecule has 0 spiro atoms. The van der Waals surface area contributed by atoms with Crippen molar-refractivity contribution in [3.8, 4) is 0 Å². The van der Waals surface area contributed by atoms with Gasteiger partial charge < -0.3 is 0 Å². The number of nitrogens with zero attached hydrogens (tertiary/aromatic N) is 1. The van der Waals surface area contributed by atoms with Crippen LogP contribution in [0.4, 0.5) is 8.78 Å². The molecule has 0 aliphatic heterocycles. The van der Waals surface area contributed by atoms with Crippen molar-refractivity contribution in [1.82, 2.24) is 4.31 Å². The molecule has 0 bridgehead atoms. The van der Waals surface area contributed by atoms with Crippen molar-refractivity contribution in [2.75, 3.05) is 53.1 Å². The van der Waals surface area contributed by atoms with E-state index in [4.69, 9.17) is 0 Å². The summed E-state index contributed by atoms with van der Waals surface area (Å²) in [5, 5.41) is -0.278. The molecule has 13 nitrogen and oxygen atoms in total. The number of rotatable bonds is 20. The van der Waals surface area contributed by atoms with E-state index in [0.29, 0.717) is 35.7 Å². The van der Waals surface area contributed by atoms with Crippen LogP contribution >= 0.6 is 0 Å². The zero-order chi connectivity index (χ0) is 50.5. The van der Waals surface area contributed by atoms with Crippen molar-refractivity contribution in [3.63, 3.8) is 0 Å². The van der Waals surface area contributed by atoms with Crippen molar-refractivity contribution in [3.05, 3.63) is 0 Å². The van der Waals surface area contributed by atoms with Crippen molar-refractivity contribution in [2.24, 2.45) is 29.6 Å². The van der Waals surface area contributed by atoms with Gasteiger partial charge in [0.15, 0.2) is 39.3 Å². The molecule has 0 heterocycles. The van der Waals surface area contributed by atoms with Crippen molar-refractivity contribution < 1.29 is 59.3 Å². The normalized spacial score (nSPS) is 15.0. The topological polar surface area (TPSA) is 208 Å². The lowest BCUT2D eigenvalue weighted by atomic mass is 10.3. The van der Waals surface area contributed by atoms with Gasteiger partial charge in [-0.05, 0) is 89.4 Å². The zero-order valence-electron chi connectivity index (χ0n) is 41.4. The Kier molecular flexibility index (Phi) is 35.8. The Morgan fingerprint density at radius 2 is 0.857 bits per heavy atom. The molecule has 0 saturated heterocycles. The Labute approximate surface area is 388 Å². The maximum Gasteiger partial charge on any atom is 0.259 e. The van der Waals surface area contributed by atoms with Crippen LogP contribution in [-0.2, 0) is 59.2 Å². The largest absolute Gasteiger partial charge is 0.259 e. The van der Waals surface area contributed by atoms with E-state index in [-0.39, 0.29) is 70.3 Å². The van der Waals surface area contributed by atoms with E-state index in [1.165, 1.54) is 4.31 Å². The first-order chi connectivity index (χ1) is 27.4. The number of sulfonamides is 1. The van der Waals surface area contributed by atoms with Crippen LogP contribution in [0.3, 0.4) is 0 Å². The molecule has 0 amide bonds. The smallest absolute Gasteiger partial charge is 0.229 e. The van der Waals surface area contributed by atoms with Gasteiger partial charge in [-0.1, -0.05) is 90.5 Å². The van der Waals surface area contributed by atoms with Crippen molar-refractivity contribution >= 4 is 59.2 Å². The molecular weight excluding hydrogens is 941 g/mol. The molecular formula is C42H93F2NO12S6. The molecule has 0 aromatic rings. The number of alkyl halides is 2. The average Bonchev–Trinajstić information content (AvgIpc) is 3.91. The summed E-state index contributed by atoms with van der Waals surface area (Å²) >= 11 is 0. The summed E-state index contributed by atoms with van der Waals surface area (Å²) in [6.45, 7) is 30.2. The monoisotopic (exact) mass is 1030 g/mol. The third kappa shape index (κ3) is 42.6. The summed E-state index contributed by atoms with van der Waals surface area (Å²) in [5.41, 5.74) is 0. The first-order valence-electron chi connectivity index (χ1n) is 21.8. The van der Waals surface area contributed by atoms with Gasteiger partial charge in [0.1, 0.15) is 15.6 Å². The predicted molar refractivity (Wildman–Crippen MR) is 264 cm³/mol. The predicted octanol–water partition coefficient (Wildman–Crippen LogP) is 8.40. The highest BCUT2D eigenvalue weighted by molar-refractivity contribution is 7.93. The highest BCUT2D eigenvalue weighted by Crippen LogP contribution is 2.31. The quantitative estimate of drug-likeness (QED) is 0.113. The maximum absolute atomic E-state index is 12.3. The number of halogens is 2. The second-order valence-corrected chi connectivity index (χ2v) is 33.1. The molecule has 21 heteroatoms. The SMILES string of the molecule is C.CC(C)CS(=O)(=O)C(C)C.CC(C)CS(=O)(=O)C1CC1.CC(C)CS(=O)(=O)CC(C)(F)F.CC(C)N(C)S(=O)(=O)C1CC1.CCCS(=O)(=O)CC(C)C.CCS(=O)(=O)CC(C)C. The molecule has 388 valence electrons. The summed E-state index contributed by atoms with van der Waals surface area (Å²) in [6, 6.07) is 0.0839. The first-order valence-corrected chi connectivity index (χ1v) is 32.2. The fourth-order valence-corrected chi connectivity index (χ4v) is 15.2. The molecule has 0 atom stereocenters. The first kappa shape index (κ1) is 71.5. The fourth-order valence-electron chi connectivity index (χ4n) is 5.06. The Balaban J connectivity index is -0.000000213. The lowest BCUT2D eigenvalue weighted by molar-refractivity contribution is 0.0473. The van der Waals surface area contributed by atoms with Gasteiger partial charge in [-0.15, -0.1) is 0 Å². The molecule has 2 aliphatic carbocycles. The van der Waals surface area contributed by atoms with Crippen LogP contribution in [0.2, 0.25) is 0 Å². The van der Waals surface area contributed by atoms with Crippen LogP contribution in [0.25, 0.3) is 0 Å². The molecule has 2 aliphatic rings. The van der Waals surface area contributed by atoms with Gasteiger partial charge >= 0.3 is 0 Å². The minimum absolute atomic E-state index is 0. The summed E-state index contributed by atoms with van der Waals surface area (Å²) < 4.78 is 159. The van der Waals surface area contributed by atoms with E-state index >= 15 is 0 Å². The Morgan fingerprint density at radius 1 is 0.524 bits per heavy atom. The summed E-state index contributed by atoms with van der Waals surface area (Å²) in [4.78, 5) is 0. The molecule has 2 saturated carbocycles. The molecule has 0 radical (unpaired) electrons. The van der Waals surface area contributed by atoms with Crippen molar-refractivity contribution in [1.29, 1.82) is 0 Å². The Morgan fingerprint density at radius 3 is 1.08 bits per heavy atom. The van der Waals surface area contributed by atoms with Gasteiger partial charge in [0.05, 0.1) is 44.5 Å². The van der Waals surface area contributed by atoms with Crippen LogP contribution in [0.5, 0.6) is 0 Å². The average molecular weight is 1030 g/mol. The molecule has 0 aromatic carbocycles. The summed E-state index contributed by atoms with van der Waals surface area (Å²) in [7, 11) is -15.8. The third-order valence-electron chi connectivity index (χ3n) is 8.15. The van der Waals surface area contributed by atoms with Crippen LogP contribution in [-0.4, -0.2) is 136 Å². The second kappa shape index (κ2) is 31.5. The number of hydrogen-bond acceptors (Lipinski definition) is 12. The summed E-state index contributed by atoms with van der Waals surface area (Å²) in [5.74, 6) is -1.44. The summed E-state index contributed by atoms with van der Waals surface area (Å²) in [6.07, 6.45) is 4.22. The van der Waals surface area contributed by atoms with Gasteiger partial charge in [-0.3, -0.25) is 0 Å². The molecule has 63 heavy (non-hydrogen) atoms. The van der Waals surface area contributed by atoms with Gasteiger partial charge in [0, 0.05) is 31.5 Å². The fraction of sp³-hybridized carbons (Fsp3) is 1.00. The van der Waals surface area contributed by atoms with Crippen LogP contribution < -0.4 is 0 Å². The second-order valence-electron chi connectivity index (χ2n) is 19.2. The van der Waals surface area contributed by atoms with Gasteiger partial charge in [-0.25, -0.2) is 63.6 Å². The zero-order valence-corrected chi connectivity index (χ0v) is 46.3. The molecule has 2 rings (SSSR count). The Hall–Kier alpha value is -0.480. The van der Waals surface area contributed by atoms with E-state index in [1.807, 2.05) is 76.2 Å². The number of hydrogen-bond donors (Lipinski definition) is 0. The lowest BCUT2D eigenvalue weighted by Gasteiger charge is -2.20. The third-order valence-corrected chi connectivity index (χ3v) is 22.3. The molecule has 0 aromatic heterocycles. The van der Waals surface area contributed by atoms with E-state index in [2.05, 4.69) is 0 Å². The maximum atomic E-state index is 12.3. The molecule has 2 fully saturated rings. The minimum Gasteiger partial charge on any atom is -0.229 e. The highest BCUT2D eigenvalue weighted by Gasteiger charge is 2.39. The van der Waals surface area contributed by atoms with Crippen LogP contribution in [0, 0.1) is 29.6 Å². The number of sulfone groups is 5. The van der Waals surface area contributed by atoms with E-state index < -0.39 is 70.9 Å². The molecule has 0 N–H and O–H groups in total. The van der Waals surface area contributed by atoms with Gasteiger partial charge in [0.25, 0.3) is 5.92 Å². The van der Waals surface area contributed by atoms with Gasteiger partial charge in [-0.2, -0.15) is 0 Å². The van der Waals surface area contributed by atoms with Crippen LogP contribution in [0.1, 0.15) is 157 Å². The van der Waals surface area contributed by atoms with Crippen LogP contribution in [0.15, 0.2) is 0 Å². The highest BCUT2D eigenvalue weighted by atomic mass is 32.2. The standard InChI is InChI=1S/C7H14F2O2S.C7H15NO2S.C7H14O2S.2C7H16O2S.C6H14O2S.CH4/c1-6(2)4-12(10,11)5-7(3,8)9;1-6(2)8(3)11(9,10)7-4-5-7;1-6(2)5-10(8,9)7-3-4-7;1-6(2)5-10(8,9)7(3)4;1-4-5-10(8,9)6-7(2)3;1-4-9(7,8)5-6(2)3;/h6H,4-5H2,1-3H3;6-7H,4-5H2,1-3H3;6-7H,3-5H2,1-2H3;6-7H,5H2,1-4H3;7H,4-6H2,1-3H3;6H,4-5H2,1-3H3;1H4. The van der Waals surface area contributed by atoms with E-state index in [0.717, 1.165) is 32.1 Å². The van der Waals surface area contributed by atoms with E-state index in [9.17, 15) is 59.3 Å².